The van der Waals surface area contributed by atoms with Gasteiger partial charge in [-0.1, -0.05) is 37.3 Å². The molecule has 4 aliphatic rings. The van der Waals surface area contributed by atoms with Crippen LogP contribution in [0.4, 0.5) is 0 Å². The van der Waals surface area contributed by atoms with Crippen LogP contribution in [0.25, 0.3) is 10.8 Å². The molecular weight excluding hydrogens is 428 g/mol. The van der Waals surface area contributed by atoms with Gasteiger partial charge in [0.25, 0.3) is 0 Å². The molecule has 2 heterocycles. The fraction of sp³-hybridized carbons (Fsp3) is 0.393. The molecule has 0 saturated heterocycles. The highest BCUT2D eigenvalue weighted by molar-refractivity contribution is 6.02. The zero-order chi connectivity index (χ0) is 23.6. The van der Waals surface area contributed by atoms with E-state index in [0.717, 1.165) is 17.4 Å². The van der Waals surface area contributed by atoms with Crippen molar-refractivity contribution in [3.8, 4) is 0 Å². The van der Waals surface area contributed by atoms with Crippen molar-refractivity contribution in [1.29, 1.82) is 0 Å². The Morgan fingerprint density at radius 1 is 1.26 bits per heavy atom. The van der Waals surface area contributed by atoms with Gasteiger partial charge in [-0.2, -0.15) is 0 Å². The minimum Gasteiger partial charge on any atom is -0.489 e. The number of methoxy groups -OCH3 is 1. The van der Waals surface area contributed by atoms with Gasteiger partial charge < -0.3 is 15.2 Å². The van der Waals surface area contributed by atoms with Gasteiger partial charge in [-0.3, -0.25) is 14.6 Å². The number of hydrogen-bond acceptors (Lipinski definition) is 5. The van der Waals surface area contributed by atoms with Crippen LogP contribution in [-0.4, -0.2) is 36.0 Å². The zero-order valence-electron chi connectivity index (χ0n) is 19.4. The van der Waals surface area contributed by atoms with Gasteiger partial charge >= 0.3 is 0 Å². The molecule has 174 valence electrons. The number of hydrogen-bond donors (Lipinski definition) is 1. The van der Waals surface area contributed by atoms with E-state index in [9.17, 15) is 9.59 Å². The highest BCUT2D eigenvalue weighted by Gasteiger charge is 2.57. The second kappa shape index (κ2) is 7.64. The molecular formula is C28H28N2O4. The van der Waals surface area contributed by atoms with Gasteiger partial charge in [0.15, 0.2) is 5.78 Å². The fourth-order valence-corrected chi connectivity index (χ4v) is 6.71. The molecule has 1 amide bonds. The molecule has 1 aromatic carbocycles. The summed E-state index contributed by atoms with van der Waals surface area (Å²) >= 11 is 0. The summed E-state index contributed by atoms with van der Waals surface area (Å²) < 4.78 is 12.6. The number of rotatable bonds is 3. The maximum atomic E-state index is 12.7. The highest BCUT2D eigenvalue weighted by atomic mass is 16.5. The zero-order valence-corrected chi connectivity index (χ0v) is 19.4. The van der Waals surface area contributed by atoms with Crippen molar-refractivity contribution in [2.75, 3.05) is 7.11 Å². The van der Waals surface area contributed by atoms with Gasteiger partial charge in [0, 0.05) is 55.0 Å². The summed E-state index contributed by atoms with van der Waals surface area (Å²) in [4.78, 5) is 28.9. The Labute approximate surface area is 198 Å². The Balaban J connectivity index is 1.42. The van der Waals surface area contributed by atoms with Gasteiger partial charge in [0.2, 0.25) is 5.91 Å². The number of benzene rings is 1. The third-order valence-electron chi connectivity index (χ3n) is 8.46. The summed E-state index contributed by atoms with van der Waals surface area (Å²) in [6, 6.07) is 8.46. The Kier molecular flexibility index (Phi) is 4.78. The number of nitrogens with two attached hydrogens (primary N) is 1. The second-order valence-corrected chi connectivity index (χ2v) is 10.2. The lowest BCUT2D eigenvalue weighted by Crippen LogP contribution is -2.42. The van der Waals surface area contributed by atoms with Crippen molar-refractivity contribution in [1.82, 2.24) is 4.98 Å². The highest BCUT2D eigenvalue weighted by Crippen LogP contribution is 2.61. The summed E-state index contributed by atoms with van der Waals surface area (Å²) in [5.74, 6) is -0.108. The monoisotopic (exact) mass is 456 g/mol. The van der Waals surface area contributed by atoms with E-state index in [0.29, 0.717) is 17.8 Å². The summed E-state index contributed by atoms with van der Waals surface area (Å²) in [6.45, 7) is 2.29. The van der Waals surface area contributed by atoms with E-state index >= 15 is 0 Å². The van der Waals surface area contributed by atoms with E-state index in [2.05, 4.69) is 48.3 Å². The topological polar surface area (TPSA) is 91.5 Å². The van der Waals surface area contributed by atoms with Crippen molar-refractivity contribution in [2.45, 2.75) is 44.3 Å². The summed E-state index contributed by atoms with van der Waals surface area (Å²) in [6.07, 6.45) is 11.3. The van der Waals surface area contributed by atoms with Crippen LogP contribution >= 0.6 is 0 Å². The first-order valence-corrected chi connectivity index (χ1v) is 11.9. The fourth-order valence-electron chi connectivity index (χ4n) is 6.71. The molecule has 1 aliphatic heterocycles. The van der Waals surface area contributed by atoms with Gasteiger partial charge in [0.05, 0.1) is 17.6 Å². The smallest absolute Gasteiger partial charge is 0.221 e. The lowest BCUT2D eigenvalue weighted by Gasteiger charge is -2.44. The van der Waals surface area contributed by atoms with E-state index in [1.54, 1.807) is 7.11 Å². The van der Waals surface area contributed by atoms with Gasteiger partial charge in [-0.05, 0) is 35.1 Å². The Morgan fingerprint density at radius 3 is 2.91 bits per heavy atom. The van der Waals surface area contributed by atoms with E-state index < -0.39 is 11.8 Å². The van der Waals surface area contributed by atoms with Crippen molar-refractivity contribution in [3.05, 3.63) is 77.4 Å². The molecule has 3 aliphatic carbocycles. The van der Waals surface area contributed by atoms with Crippen LogP contribution in [0.1, 0.15) is 37.7 Å². The summed E-state index contributed by atoms with van der Waals surface area (Å²) in [5, 5.41) is 2.31. The Morgan fingerprint density at radius 2 is 2.12 bits per heavy atom. The largest absolute Gasteiger partial charge is 0.489 e. The summed E-state index contributed by atoms with van der Waals surface area (Å²) in [7, 11) is 1.78. The Bertz CT molecular complexity index is 1300. The number of ketones is 1. The second-order valence-electron chi connectivity index (χ2n) is 10.2. The van der Waals surface area contributed by atoms with E-state index in [-0.39, 0.29) is 41.7 Å². The third kappa shape index (κ3) is 3.01. The van der Waals surface area contributed by atoms with E-state index in [1.165, 1.54) is 10.9 Å². The normalized spacial score (nSPS) is 34.2. The first kappa shape index (κ1) is 21.3. The molecule has 6 atom stereocenters. The molecule has 0 radical (unpaired) electrons. The van der Waals surface area contributed by atoms with Crippen LogP contribution in [0.5, 0.6) is 0 Å². The van der Waals surface area contributed by atoms with Crippen molar-refractivity contribution >= 4 is 22.5 Å². The number of nitrogens with zero attached hydrogens (tertiary/aromatic N) is 1. The van der Waals surface area contributed by atoms with Crippen LogP contribution < -0.4 is 5.73 Å². The minimum absolute atomic E-state index is 0.0168. The average molecular weight is 457 g/mol. The lowest BCUT2D eigenvalue weighted by atomic mass is 9.64. The third-order valence-corrected chi connectivity index (χ3v) is 8.46. The first-order valence-electron chi connectivity index (χ1n) is 11.9. The van der Waals surface area contributed by atoms with Crippen LogP contribution in [-0.2, 0) is 19.1 Å². The Hall–Kier alpha value is -3.25. The number of primary amides is 1. The molecule has 6 heteroatoms. The molecule has 6 rings (SSSR count). The molecule has 1 unspecified atom stereocenters. The predicted molar refractivity (Wildman–Crippen MR) is 128 cm³/mol. The van der Waals surface area contributed by atoms with Crippen LogP contribution in [0.2, 0.25) is 0 Å². The number of Topliss-reactive ketones (excluding diaryl/α,β-unsaturated/α-hetero) is 1. The molecule has 34 heavy (non-hydrogen) atoms. The number of carbonyl (C=O) groups excluding carboxylic acids is 2. The summed E-state index contributed by atoms with van der Waals surface area (Å²) in [5.41, 5.74) is 8.20. The molecule has 0 bridgehead atoms. The van der Waals surface area contributed by atoms with Crippen molar-refractivity contribution < 1.29 is 19.1 Å². The van der Waals surface area contributed by atoms with Crippen LogP contribution in [0.3, 0.4) is 0 Å². The predicted octanol–water partition coefficient (Wildman–Crippen LogP) is 3.97. The molecule has 6 nitrogen and oxygen atoms in total. The minimum atomic E-state index is -0.501. The van der Waals surface area contributed by atoms with Crippen molar-refractivity contribution in [2.24, 2.45) is 23.0 Å². The molecule has 2 N–H and O–H groups in total. The van der Waals surface area contributed by atoms with Gasteiger partial charge in [-0.25, -0.2) is 0 Å². The average Bonchev–Trinajstić information content (AvgIpc) is 3.15. The van der Waals surface area contributed by atoms with Crippen LogP contribution in [0, 0.1) is 17.3 Å². The van der Waals surface area contributed by atoms with E-state index in [4.69, 9.17) is 15.2 Å². The quantitative estimate of drug-likeness (QED) is 0.755. The van der Waals surface area contributed by atoms with Crippen molar-refractivity contribution in [3.63, 3.8) is 0 Å². The molecule has 1 fully saturated rings. The maximum Gasteiger partial charge on any atom is 0.221 e. The number of pyridine rings is 1. The number of carbonyl (C=O) groups is 2. The standard InChI is InChI=1S/C28H28N2O4/c1-28-8-6-15-10-20-22(31)11-17(27(29)32)12-23(20)34-26(15)21(28)13-24(33-2)25(28)19-5-3-4-16-14-30-9-7-18(16)19/h3-10,14,17,21,24-26H,11-13H2,1-2H3,(H2,29,32)/t17?,21-,24+,25-,26+,28-/m0/s1. The molecule has 0 spiro atoms. The molecule has 2 aromatic rings. The number of ether oxygens (including phenoxy) is 2. The SMILES string of the molecule is CO[C@@H]1C[C@H]2[C@@H]3OC4=C(C=C3C=C[C@]2(C)[C@H]1c1cccc2cnccc12)C(=O)CC(C(N)=O)C4. The van der Waals surface area contributed by atoms with Gasteiger partial charge in [-0.15, -0.1) is 0 Å². The van der Waals surface area contributed by atoms with Crippen LogP contribution in [0.15, 0.2) is 71.8 Å². The number of fused-ring (bicyclic) bond motifs is 4. The first-order chi connectivity index (χ1) is 16.4. The molecule has 1 saturated carbocycles. The maximum absolute atomic E-state index is 12.7. The number of aromatic nitrogens is 1. The van der Waals surface area contributed by atoms with Gasteiger partial charge in [0.1, 0.15) is 11.9 Å². The number of allylic oxidation sites excluding steroid dienone is 4. The molecule has 1 aromatic heterocycles. The van der Waals surface area contributed by atoms with E-state index in [1.807, 2.05) is 18.5 Å². The lowest BCUT2D eigenvalue weighted by molar-refractivity contribution is -0.127. The number of amides is 1.